The van der Waals surface area contributed by atoms with Gasteiger partial charge in [0.1, 0.15) is 0 Å². The summed E-state index contributed by atoms with van der Waals surface area (Å²) in [5.74, 6) is 0. The Kier molecular flexibility index (Phi) is 3.69. The molecule has 19 heavy (non-hydrogen) atoms. The zero-order valence-electron chi connectivity index (χ0n) is 11.3. The van der Waals surface area contributed by atoms with E-state index in [0.717, 1.165) is 17.8 Å². The lowest BCUT2D eigenvalue weighted by atomic mass is 10.1. The number of anilines is 1. The van der Waals surface area contributed by atoms with Crippen LogP contribution in [0.2, 0.25) is 5.02 Å². The Hall–Kier alpha value is -1.33. The lowest BCUT2D eigenvalue weighted by Gasteiger charge is -2.40. The predicted octanol–water partition coefficient (Wildman–Crippen LogP) is 3.17. The maximum absolute atomic E-state index is 10.8. The number of hydrogen-bond acceptors (Lipinski definition) is 4. The zero-order valence-corrected chi connectivity index (χ0v) is 12.0. The van der Waals surface area contributed by atoms with Crippen LogP contribution in [-0.4, -0.2) is 30.2 Å². The van der Waals surface area contributed by atoms with Crippen molar-refractivity contribution in [1.29, 1.82) is 0 Å². The highest BCUT2D eigenvalue weighted by molar-refractivity contribution is 6.33. The molecule has 0 spiro atoms. The fourth-order valence-electron chi connectivity index (χ4n) is 2.43. The van der Waals surface area contributed by atoms with E-state index in [1.807, 2.05) is 20.8 Å². The number of nitrogens with zero attached hydrogens (tertiary/aromatic N) is 2. The number of aryl methyl sites for hydroxylation is 1. The van der Waals surface area contributed by atoms with Crippen LogP contribution in [0.4, 0.5) is 11.4 Å². The lowest BCUT2D eigenvalue weighted by Crippen LogP contribution is -2.48. The van der Waals surface area contributed by atoms with Crippen LogP contribution in [0.15, 0.2) is 12.1 Å². The summed E-state index contributed by atoms with van der Waals surface area (Å²) in [5, 5.41) is 11.2. The molecule has 1 heterocycles. The van der Waals surface area contributed by atoms with Crippen LogP contribution in [0, 0.1) is 17.0 Å². The van der Waals surface area contributed by atoms with Gasteiger partial charge in [-0.25, -0.2) is 0 Å². The van der Waals surface area contributed by atoms with Crippen molar-refractivity contribution in [2.24, 2.45) is 0 Å². The second-order valence-electron chi connectivity index (χ2n) is 5.38. The minimum absolute atomic E-state index is 0.0266. The molecule has 1 aliphatic rings. The van der Waals surface area contributed by atoms with Crippen LogP contribution >= 0.6 is 11.6 Å². The van der Waals surface area contributed by atoms with Gasteiger partial charge in [0, 0.05) is 25.2 Å². The van der Waals surface area contributed by atoms with Gasteiger partial charge in [-0.2, -0.15) is 0 Å². The average Bonchev–Trinajstić information content (AvgIpc) is 2.26. The van der Waals surface area contributed by atoms with Crippen molar-refractivity contribution in [3.8, 4) is 0 Å². The van der Waals surface area contributed by atoms with Crippen molar-refractivity contribution in [2.75, 3.05) is 24.6 Å². The number of benzene rings is 1. The van der Waals surface area contributed by atoms with Crippen LogP contribution in [0.25, 0.3) is 0 Å². The Morgan fingerprint density at radius 3 is 2.68 bits per heavy atom. The predicted molar refractivity (Wildman–Crippen MR) is 75.1 cm³/mol. The zero-order chi connectivity index (χ0) is 14.2. The number of non-ortho nitro benzene ring substituents is 1. The molecule has 0 aromatic heterocycles. The third-order valence-electron chi connectivity index (χ3n) is 3.19. The van der Waals surface area contributed by atoms with E-state index in [9.17, 15) is 10.1 Å². The first-order valence-electron chi connectivity index (χ1n) is 6.13. The highest BCUT2D eigenvalue weighted by atomic mass is 35.5. The summed E-state index contributed by atoms with van der Waals surface area (Å²) in [5.41, 5.74) is 1.47. The third kappa shape index (κ3) is 2.98. The van der Waals surface area contributed by atoms with Gasteiger partial charge in [0.25, 0.3) is 5.69 Å². The first-order valence-corrected chi connectivity index (χ1v) is 6.51. The molecule has 1 aliphatic heterocycles. The van der Waals surface area contributed by atoms with E-state index in [1.54, 1.807) is 6.07 Å². The summed E-state index contributed by atoms with van der Waals surface area (Å²) in [6.45, 7) is 7.96. The Labute approximate surface area is 117 Å². The first-order chi connectivity index (χ1) is 8.80. The molecule has 0 amide bonds. The molecular formula is C13H17ClN2O3. The fourth-order valence-corrected chi connectivity index (χ4v) is 2.81. The summed E-state index contributed by atoms with van der Waals surface area (Å²) >= 11 is 6.22. The topological polar surface area (TPSA) is 55.6 Å². The largest absolute Gasteiger partial charge is 0.372 e. The van der Waals surface area contributed by atoms with Gasteiger partial charge in [0.15, 0.2) is 0 Å². The van der Waals surface area contributed by atoms with Crippen molar-refractivity contribution >= 4 is 23.0 Å². The monoisotopic (exact) mass is 284 g/mol. The molecule has 0 N–H and O–H groups in total. The summed E-state index contributed by atoms with van der Waals surface area (Å²) in [7, 11) is 0. The Morgan fingerprint density at radius 2 is 2.16 bits per heavy atom. The Bertz CT molecular complexity index is 494. The molecule has 0 aliphatic carbocycles. The van der Waals surface area contributed by atoms with Gasteiger partial charge in [-0.05, 0) is 26.3 Å². The number of halogens is 1. The minimum Gasteiger partial charge on any atom is -0.372 e. The third-order valence-corrected chi connectivity index (χ3v) is 3.48. The van der Waals surface area contributed by atoms with E-state index in [1.165, 1.54) is 6.07 Å². The van der Waals surface area contributed by atoms with Gasteiger partial charge >= 0.3 is 0 Å². The smallest absolute Gasteiger partial charge is 0.271 e. The Balaban J connectivity index is 2.37. The quantitative estimate of drug-likeness (QED) is 0.618. The second-order valence-corrected chi connectivity index (χ2v) is 5.79. The maximum atomic E-state index is 10.8. The van der Waals surface area contributed by atoms with E-state index in [-0.39, 0.29) is 11.3 Å². The van der Waals surface area contributed by atoms with Crippen molar-refractivity contribution in [1.82, 2.24) is 0 Å². The van der Waals surface area contributed by atoms with E-state index in [4.69, 9.17) is 16.3 Å². The summed E-state index contributed by atoms with van der Waals surface area (Å²) in [6.07, 6.45) is 0. The van der Waals surface area contributed by atoms with E-state index in [0.29, 0.717) is 18.2 Å². The molecule has 104 valence electrons. The van der Waals surface area contributed by atoms with Crippen LogP contribution in [0.5, 0.6) is 0 Å². The molecular weight excluding hydrogens is 268 g/mol. The summed E-state index contributed by atoms with van der Waals surface area (Å²) in [4.78, 5) is 12.5. The summed E-state index contributed by atoms with van der Waals surface area (Å²) in [6, 6.07) is 2.97. The lowest BCUT2D eigenvalue weighted by molar-refractivity contribution is -0.384. The maximum Gasteiger partial charge on any atom is 0.271 e. The molecule has 0 radical (unpaired) electrons. The molecule has 0 bridgehead atoms. The van der Waals surface area contributed by atoms with Crippen LogP contribution < -0.4 is 4.90 Å². The van der Waals surface area contributed by atoms with Crippen LogP contribution in [0.1, 0.15) is 19.4 Å². The molecule has 0 unspecified atom stereocenters. The first kappa shape index (κ1) is 14.1. The van der Waals surface area contributed by atoms with Crippen molar-refractivity contribution in [3.63, 3.8) is 0 Å². The van der Waals surface area contributed by atoms with E-state index in [2.05, 4.69) is 4.90 Å². The van der Waals surface area contributed by atoms with Crippen molar-refractivity contribution < 1.29 is 9.66 Å². The molecule has 1 aromatic carbocycles. The molecule has 0 atom stereocenters. The van der Waals surface area contributed by atoms with Crippen molar-refractivity contribution in [2.45, 2.75) is 26.4 Å². The molecule has 0 saturated carbocycles. The summed E-state index contributed by atoms with van der Waals surface area (Å²) < 4.78 is 5.67. The van der Waals surface area contributed by atoms with Crippen LogP contribution in [0.3, 0.4) is 0 Å². The standard InChI is InChI=1S/C13H17ClN2O3/c1-9-6-10(16(17)18)7-11(14)12(9)15-4-5-19-13(2,3)8-15/h6-7H,4-5,8H2,1-3H3. The molecule has 1 aromatic rings. The minimum atomic E-state index is -0.425. The Morgan fingerprint density at radius 1 is 1.47 bits per heavy atom. The highest BCUT2D eigenvalue weighted by Gasteiger charge is 2.29. The number of morpholine rings is 1. The number of ether oxygens (including phenoxy) is 1. The number of hydrogen-bond donors (Lipinski definition) is 0. The molecule has 1 saturated heterocycles. The normalized spacial score (nSPS) is 18.4. The van der Waals surface area contributed by atoms with Crippen LogP contribution in [-0.2, 0) is 4.74 Å². The van der Waals surface area contributed by atoms with E-state index < -0.39 is 4.92 Å². The number of nitro groups is 1. The van der Waals surface area contributed by atoms with Gasteiger partial charge in [-0.3, -0.25) is 10.1 Å². The second kappa shape index (κ2) is 4.98. The SMILES string of the molecule is Cc1cc([N+](=O)[O-])cc(Cl)c1N1CCOC(C)(C)C1. The van der Waals surface area contributed by atoms with Crippen molar-refractivity contribution in [3.05, 3.63) is 32.8 Å². The average molecular weight is 285 g/mol. The molecule has 6 heteroatoms. The molecule has 2 rings (SSSR count). The van der Waals surface area contributed by atoms with Gasteiger partial charge in [0.2, 0.25) is 0 Å². The van der Waals surface area contributed by atoms with Gasteiger partial charge < -0.3 is 9.64 Å². The van der Waals surface area contributed by atoms with E-state index >= 15 is 0 Å². The molecule has 5 nitrogen and oxygen atoms in total. The van der Waals surface area contributed by atoms with Gasteiger partial charge in [0.05, 0.1) is 27.8 Å². The van der Waals surface area contributed by atoms with Gasteiger partial charge in [-0.1, -0.05) is 11.6 Å². The highest BCUT2D eigenvalue weighted by Crippen LogP contribution is 2.35. The number of rotatable bonds is 2. The van der Waals surface area contributed by atoms with Gasteiger partial charge in [-0.15, -0.1) is 0 Å². The molecule has 1 fully saturated rings. The fraction of sp³-hybridized carbons (Fsp3) is 0.538. The number of nitro benzene ring substituents is 1.